The van der Waals surface area contributed by atoms with E-state index in [2.05, 4.69) is 15.9 Å². The zero-order valence-corrected chi connectivity index (χ0v) is 6.89. The number of benzene rings is 1. The van der Waals surface area contributed by atoms with Gasteiger partial charge in [0.2, 0.25) is 0 Å². The zero-order valence-electron chi connectivity index (χ0n) is 5.30. The molecule has 52 valence electrons. The molecule has 0 aliphatic rings. The largest absolute Gasteiger partial charge is 0.253 e. The molecule has 1 aromatic carbocycles. The van der Waals surface area contributed by atoms with Gasteiger partial charge in [-0.1, -0.05) is 28.1 Å². The molecule has 0 heterocycles. The Morgan fingerprint density at radius 3 is 2.90 bits per heavy atom. The average Bonchev–Trinajstić information content (AvgIpc) is 2.05. The molecule has 0 aliphatic heterocycles. The Hall–Kier alpha value is -0.700. The summed E-state index contributed by atoms with van der Waals surface area (Å²) in [5.74, 6) is 0. The van der Waals surface area contributed by atoms with E-state index in [0.717, 1.165) is 10.9 Å². The summed E-state index contributed by atoms with van der Waals surface area (Å²) in [6.45, 7) is 0. The molecular weight excluding hydrogens is 194 g/mol. The predicted octanol–water partition coefficient (Wildman–Crippen LogP) is 1.06. The van der Waals surface area contributed by atoms with Gasteiger partial charge in [0.25, 0.3) is 5.69 Å². The molecule has 2 nitrogen and oxygen atoms in total. The standard InChI is InChI=1S/C7H6BrNO/c8-5-6-2-1-3-7(4-6)9-10/h1-4H,5H2/p+1. The monoisotopic (exact) mass is 200 g/mol. The first kappa shape index (κ1) is 7.41. The summed E-state index contributed by atoms with van der Waals surface area (Å²) in [5.41, 5.74) is 1.71. The second-order valence-electron chi connectivity index (χ2n) is 1.94. The lowest BCUT2D eigenvalue weighted by atomic mass is 10.2. The van der Waals surface area contributed by atoms with E-state index in [4.69, 9.17) is 0 Å². The lowest BCUT2D eigenvalue weighted by molar-refractivity contribution is -0.379. The van der Waals surface area contributed by atoms with Crippen LogP contribution >= 0.6 is 15.9 Å². The van der Waals surface area contributed by atoms with Crippen molar-refractivity contribution >= 4 is 21.6 Å². The third-order valence-electron chi connectivity index (χ3n) is 1.20. The Kier molecular flexibility index (Phi) is 2.57. The lowest BCUT2D eigenvalue weighted by Crippen LogP contribution is -2.55. The SMILES string of the molecule is O=[NH+]c1cccc(CBr)c1. The van der Waals surface area contributed by atoms with E-state index >= 15 is 0 Å². The van der Waals surface area contributed by atoms with Crippen LogP contribution < -0.4 is 5.18 Å². The number of nitroso groups, excluding NO2 is 1. The third kappa shape index (κ3) is 1.64. The minimum atomic E-state index is 0.608. The molecule has 0 radical (unpaired) electrons. The molecule has 0 fully saturated rings. The molecular formula is C7H7BrNO+. The molecule has 0 spiro atoms. The highest BCUT2D eigenvalue weighted by molar-refractivity contribution is 9.08. The summed E-state index contributed by atoms with van der Waals surface area (Å²) in [5, 5.41) is 2.61. The van der Waals surface area contributed by atoms with Crippen LogP contribution in [0.4, 0.5) is 5.69 Å². The van der Waals surface area contributed by atoms with Crippen molar-refractivity contribution in [1.82, 2.24) is 0 Å². The van der Waals surface area contributed by atoms with Crippen molar-refractivity contribution < 1.29 is 5.18 Å². The van der Waals surface area contributed by atoms with Gasteiger partial charge in [-0.15, -0.1) is 0 Å². The first-order valence-electron chi connectivity index (χ1n) is 2.90. The minimum absolute atomic E-state index is 0.608. The molecule has 0 amide bonds. The topological polar surface area (TPSA) is 31.0 Å². The number of halogens is 1. The van der Waals surface area contributed by atoms with Gasteiger partial charge < -0.3 is 0 Å². The Morgan fingerprint density at radius 1 is 1.50 bits per heavy atom. The van der Waals surface area contributed by atoms with E-state index in [1.807, 2.05) is 23.4 Å². The van der Waals surface area contributed by atoms with Crippen LogP contribution in [0.25, 0.3) is 0 Å². The quantitative estimate of drug-likeness (QED) is 0.712. The van der Waals surface area contributed by atoms with Gasteiger partial charge in [0, 0.05) is 27.5 Å². The van der Waals surface area contributed by atoms with Crippen molar-refractivity contribution in [3.05, 3.63) is 34.7 Å². The highest BCUT2D eigenvalue weighted by Gasteiger charge is 1.97. The summed E-state index contributed by atoms with van der Waals surface area (Å²) in [6, 6.07) is 7.34. The molecule has 0 atom stereocenters. The number of alkyl halides is 1. The maximum atomic E-state index is 10.1. The molecule has 0 saturated carbocycles. The summed E-state index contributed by atoms with van der Waals surface area (Å²) < 4.78 is 0. The fourth-order valence-electron chi connectivity index (χ4n) is 0.718. The summed E-state index contributed by atoms with van der Waals surface area (Å²) in [4.78, 5) is 10.1. The number of hydrogen-bond acceptors (Lipinski definition) is 1. The van der Waals surface area contributed by atoms with E-state index in [1.165, 1.54) is 0 Å². The zero-order chi connectivity index (χ0) is 7.40. The van der Waals surface area contributed by atoms with Crippen molar-refractivity contribution in [2.45, 2.75) is 5.33 Å². The predicted molar refractivity (Wildman–Crippen MR) is 43.1 cm³/mol. The molecule has 0 unspecified atom stereocenters. The van der Waals surface area contributed by atoms with Crippen LogP contribution in [0.15, 0.2) is 24.3 Å². The van der Waals surface area contributed by atoms with Crippen molar-refractivity contribution in [2.24, 2.45) is 0 Å². The summed E-state index contributed by atoms with van der Waals surface area (Å²) >= 11 is 3.29. The summed E-state index contributed by atoms with van der Waals surface area (Å²) in [7, 11) is 0. The minimum Gasteiger partial charge on any atom is -0.0876 e. The van der Waals surface area contributed by atoms with Crippen LogP contribution in [0.3, 0.4) is 0 Å². The van der Waals surface area contributed by atoms with Crippen molar-refractivity contribution in [1.29, 1.82) is 0 Å². The Bertz CT molecular complexity index is 237. The van der Waals surface area contributed by atoms with Crippen LogP contribution in [-0.2, 0) is 5.33 Å². The van der Waals surface area contributed by atoms with Gasteiger partial charge in [-0.3, -0.25) is 0 Å². The number of rotatable bonds is 2. The molecule has 1 aromatic rings. The van der Waals surface area contributed by atoms with Gasteiger partial charge in [0.15, 0.2) is 0 Å². The second kappa shape index (κ2) is 3.46. The van der Waals surface area contributed by atoms with Crippen LogP contribution in [-0.4, -0.2) is 0 Å². The van der Waals surface area contributed by atoms with Gasteiger partial charge in [0.05, 0.1) is 0 Å². The second-order valence-corrected chi connectivity index (χ2v) is 2.50. The molecule has 10 heavy (non-hydrogen) atoms. The summed E-state index contributed by atoms with van der Waals surface area (Å²) in [6.07, 6.45) is 0. The van der Waals surface area contributed by atoms with E-state index in [9.17, 15) is 4.91 Å². The molecule has 0 aromatic heterocycles. The van der Waals surface area contributed by atoms with Crippen LogP contribution in [0.2, 0.25) is 0 Å². The van der Waals surface area contributed by atoms with Gasteiger partial charge in [0.1, 0.15) is 0 Å². The maximum absolute atomic E-state index is 10.1. The van der Waals surface area contributed by atoms with Gasteiger partial charge in [-0.2, -0.15) is 0 Å². The van der Waals surface area contributed by atoms with Crippen molar-refractivity contribution in [3.63, 3.8) is 0 Å². The highest BCUT2D eigenvalue weighted by Crippen LogP contribution is 2.08. The molecule has 3 heteroatoms. The Balaban J connectivity index is 2.98. The first-order valence-corrected chi connectivity index (χ1v) is 4.02. The Morgan fingerprint density at radius 2 is 2.30 bits per heavy atom. The van der Waals surface area contributed by atoms with E-state index in [1.54, 1.807) is 6.07 Å². The van der Waals surface area contributed by atoms with Crippen LogP contribution in [0.1, 0.15) is 5.56 Å². The maximum Gasteiger partial charge on any atom is 0.253 e. The average molecular weight is 201 g/mol. The molecule has 1 N–H and O–H groups in total. The fourth-order valence-corrected chi connectivity index (χ4v) is 1.07. The van der Waals surface area contributed by atoms with Crippen molar-refractivity contribution in [3.8, 4) is 0 Å². The van der Waals surface area contributed by atoms with E-state index in [-0.39, 0.29) is 0 Å². The lowest BCUT2D eigenvalue weighted by Gasteiger charge is -1.89. The van der Waals surface area contributed by atoms with Gasteiger partial charge in [-0.25, -0.2) is 0 Å². The molecule has 1 rings (SSSR count). The molecule has 0 aliphatic carbocycles. The van der Waals surface area contributed by atoms with Gasteiger partial charge in [-0.05, 0) is 5.56 Å². The normalized spacial score (nSPS) is 9.30. The van der Waals surface area contributed by atoms with E-state index in [0.29, 0.717) is 5.69 Å². The molecule has 0 bridgehead atoms. The first-order chi connectivity index (χ1) is 4.86. The fraction of sp³-hybridized carbons (Fsp3) is 0.143. The number of nitrogens with one attached hydrogen (secondary N) is 1. The molecule has 0 saturated heterocycles. The number of hydrogen-bond donors (Lipinski definition) is 1. The van der Waals surface area contributed by atoms with E-state index < -0.39 is 0 Å². The smallest absolute Gasteiger partial charge is 0.0876 e. The Labute approximate surface area is 67.4 Å². The van der Waals surface area contributed by atoms with Crippen LogP contribution in [0.5, 0.6) is 0 Å². The van der Waals surface area contributed by atoms with Crippen LogP contribution in [0, 0.1) is 4.91 Å². The van der Waals surface area contributed by atoms with Crippen molar-refractivity contribution in [2.75, 3.05) is 0 Å². The highest BCUT2D eigenvalue weighted by atomic mass is 79.9. The third-order valence-corrected chi connectivity index (χ3v) is 1.85. The van der Waals surface area contributed by atoms with Gasteiger partial charge >= 0.3 is 0 Å².